The lowest BCUT2D eigenvalue weighted by atomic mass is 10.2. The molecule has 0 saturated carbocycles. The van der Waals surface area contributed by atoms with Gasteiger partial charge in [-0.2, -0.15) is 0 Å². The fourth-order valence-electron chi connectivity index (χ4n) is 1.47. The van der Waals surface area contributed by atoms with Crippen LogP contribution < -0.4 is 0 Å². The summed E-state index contributed by atoms with van der Waals surface area (Å²) in [5.74, 6) is -0.341. The van der Waals surface area contributed by atoms with E-state index in [9.17, 15) is 4.79 Å². The third kappa shape index (κ3) is 2.44. The van der Waals surface area contributed by atoms with Crippen LogP contribution in [0.3, 0.4) is 0 Å². The van der Waals surface area contributed by atoms with Crippen LogP contribution in [0.15, 0.2) is 18.3 Å². The van der Waals surface area contributed by atoms with Gasteiger partial charge < -0.3 is 5.11 Å². The molecule has 0 spiro atoms. The third-order valence-electron chi connectivity index (χ3n) is 2.32. The number of pyridine rings is 1. The molecule has 0 fully saturated rings. The van der Waals surface area contributed by atoms with Crippen molar-refractivity contribution in [3.05, 3.63) is 24.0 Å². The highest BCUT2D eigenvalue weighted by molar-refractivity contribution is 5.66. The summed E-state index contributed by atoms with van der Waals surface area (Å²) in [5, 5.41) is 19.9. The molecule has 1 N–H and O–H groups in total. The van der Waals surface area contributed by atoms with E-state index in [1.807, 2.05) is 13.0 Å². The number of carbonyl (C=O) groups is 1. The molecule has 0 radical (unpaired) electrons. The summed E-state index contributed by atoms with van der Waals surface area (Å²) in [6.45, 7) is 2.09. The van der Waals surface area contributed by atoms with Crippen molar-refractivity contribution in [3.8, 4) is 11.4 Å². The van der Waals surface area contributed by atoms with Gasteiger partial charge in [0.05, 0.1) is 13.0 Å². The van der Waals surface area contributed by atoms with Gasteiger partial charge in [-0.3, -0.25) is 9.78 Å². The van der Waals surface area contributed by atoms with Gasteiger partial charge in [-0.15, -0.1) is 5.10 Å². The molecule has 0 aliphatic rings. The van der Waals surface area contributed by atoms with Crippen LogP contribution in [0.25, 0.3) is 11.4 Å². The highest BCUT2D eigenvalue weighted by Crippen LogP contribution is 2.18. The second-order valence-corrected chi connectivity index (χ2v) is 3.51. The molecule has 7 nitrogen and oxygen atoms in total. The van der Waals surface area contributed by atoms with Crippen molar-refractivity contribution in [2.45, 2.75) is 19.9 Å². The van der Waals surface area contributed by atoms with Gasteiger partial charge in [0.1, 0.15) is 0 Å². The molecular formula is C10H11N5O2. The molecular weight excluding hydrogens is 222 g/mol. The van der Waals surface area contributed by atoms with Crippen molar-refractivity contribution < 1.29 is 9.90 Å². The SMILES string of the molecule is Cc1ncccc1-c1nnnn1CCC(=O)O. The van der Waals surface area contributed by atoms with Crippen molar-refractivity contribution in [2.75, 3.05) is 0 Å². The predicted octanol–water partition coefficient (Wildman–Crippen LogP) is 0.518. The van der Waals surface area contributed by atoms with Gasteiger partial charge in [-0.1, -0.05) is 0 Å². The smallest absolute Gasteiger partial charge is 0.305 e. The number of nitrogens with zero attached hydrogens (tertiary/aromatic N) is 5. The molecule has 7 heteroatoms. The Kier molecular flexibility index (Phi) is 3.08. The fourth-order valence-corrected chi connectivity index (χ4v) is 1.47. The Morgan fingerprint density at radius 1 is 1.53 bits per heavy atom. The lowest BCUT2D eigenvalue weighted by molar-refractivity contribution is -0.137. The lowest BCUT2D eigenvalue weighted by Gasteiger charge is -2.04. The molecule has 0 bridgehead atoms. The van der Waals surface area contributed by atoms with Crippen molar-refractivity contribution >= 4 is 5.97 Å². The Labute approximate surface area is 97.1 Å². The van der Waals surface area contributed by atoms with E-state index in [0.29, 0.717) is 5.82 Å². The zero-order chi connectivity index (χ0) is 12.3. The predicted molar refractivity (Wildman–Crippen MR) is 58.0 cm³/mol. The van der Waals surface area contributed by atoms with Crippen molar-refractivity contribution in [3.63, 3.8) is 0 Å². The normalized spacial score (nSPS) is 10.4. The van der Waals surface area contributed by atoms with Crippen LogP contribution in [0, 0.1) is 6.92 Å². The fraction of sp³-hybridized carbons (Fsp3) is 0.300. The number of hydrogen-bond donors (Lipinski definition) is 1. The highest BCUT2D eigenvalue weighted by Gasteiger charge is 2.12. The molecule has 0 aromatic carbocycles. The molecule has 2 aromatic heterocycles. The molecule has 0 amide bonds. The van der Waals surface area contributed by atoms with Crippen LogP contribution in [-0.4, -0.2) is 36.3 Å². The van der Waals surface area contributed by atoms with E-state index < -0.39 is 5.97 Å². The first kappa shape index (κ1) is 11.2. The van der Waals surface area contributed by atoms with E-state index in [1.54, 1.807) is 12.3 Å². The van der Waals surface area contributed by atoms with E-state index >= 15 is 0 Å². The summed E-state index contributed by atoms with van der Waals surface area (Å²) < 4.78 is 1.47. The number of hydrogen-bond acceptors (Lipinski definition) is 5. The number of carboxylic acids is 1. The number of tetrazole rings is 1. The van der Waals surface area contributed by atoms with Crippen LogP contribution in [0.2, 0.25) is 0 Å². The maximum Gasteiger partial charge on any atom is 0.305 e. The van der Waals surface area contributed by atoms with Crippen molar-refractivity contribution in [2.24, 2.45) is 0 Å². The molecule has 17 heavy (non-hydrogen) atoms. The Balaban J connectivity index is 2.31. The summed E-state index contributed by atoms with van der Waals surface area (Å²) in [5.41, 5.74) is 1.61. The molecule has 0 aliphatic carbocycles. The summed E-state index contributed by atoms with van der Waals surface area (Å²) >= 11 is 0. The molecule has 0 saturated heterocycles. The summed E-state index contributed by atoms with van der Waals surface area (Å²) in [4.78, 5) is 14.7. The second kappa shape index (κ2) is 4.69. The first-order valence-electron chi connectivity index (χ1n) is 5.08. The minimum absolute atomic E-state index is 0.0165. The number of aliphatic carboxylic acids is 1. The topological polar surface area (TPSA) is 93.8 Å². The third-order valence-corrected chi connectivity index (χ3v) is 2.32. The van der Waals surface area contributed by atoms with E-state index in [2.05, 4.69) is 20.5 Å². The van der Waals surface area contributed by atoms with E-state index in [-0.39, 0.29) is 13.0 Å². The quantitative estimate of drug-likeness (QED) is 0.827. The lowest BCUT2D eigenvalue weighted by Crippen LogP contribution is -2.08. The van der Waals surface area contributed by atoms with Crippen LogP contribution in [0.1, 0.15) is 12.1 Å². The molecule has 88 valence electrons. The maximum absolute atomic E-state index is 10.5. The van der Waals surface area contributed by atoms with Gasteiger partial charge in [-0.25, -0.2) is 4.68 Å². The average Bonchev–Trinajstić information content (AvgIpc) is 2.75. The molecule has 0 atom stereocenters. The Hall–Kier alpha value is -2.31. The summed E-state index contributed by atoms with van der Waals surface area (Å²) in [6, 6.07) is 3.64. The molecule has 2 heterocycles. The number of rotatable bonds is 4. The van der Waals surface area contributed by atoms with Crippen molar-refractivity contribution in [1.29, 1.82) is 0 Å². The van der Waals surface area contributed by atoms with Gasteiger partial charge in [0, 0.05) is 17.5 Å². The zero-order valence-corrected chi connectivity index (χ0v) is 9.24. The second-order valence-electron chi connectivity index (χ2n) is 3.51. The van der Waals surface area contributed by atoms with Gasteiger partial charge in [0.15, 0.2) is 5.82 Å². The zero-order valence-electron chi connectivity index (χ0n) is 9.24. The minimum atomic E-state index is -0.880. The molecule has 2 rings (SSSR count). The van der Waals surface area contributed by atoms with Crippen LogP contribution in [0.4, 0.5) is 0 Å². The summed E-state index contributed by atoms with van der Waals surface area (Å²) in [6.07, 6.45) is 1.67. The van der Waals surface area contributed by atoms with Gasteiger partial charge >= 0.3 is 5.97 Å². The van der Waals surface area contributed by atoms with E-state index in [4.69, 9.17) is 5.11 Å². The maximum atomic E-state index is 10.5. The Bertz CT molecular complexity index is 537. The largest absolute Gasteiger partial charge is 0.481 e. The van der Waals surface area contributed by atoms with Crippen molar-refractivity contribution in [1.82, 2.24) is 25.2 Å². The highest BCUT2D eigenvalue weighted by atomic mass is 16.4. The average molecular weight is 233 g/mol. The number of aryl methyl sites for hydroxylation is 2. The van der Waals surface area contributed by atoms with Crippen LogP contribution in [-0.2, 0) is 11.3 Å². The number of carboxylic acid groups (broad SMARTS) is 1. The standard InChI is InChI=1S/C10H11N5O2/c1-7-8(3-2-5-11-7)10-12-13-14-15(10)6-4-9(16)17/h2-3,5H,4,6H2,1H3,(H,16,17). The Morgan fingerprint density at radius 2 is 2.35 bits per heavy atom. The first-order valence-corrected chi connectivity index (χ1v) is 5.08. The monoisotopic (exact) mass is 233 g/mol. The van der Waals surface area contributed by atoms with E-state index in [0.717, 1.165) is 11.3 Å². The number of aromatic nitrogens is 5. The van der Waals surface area contributed by atoms with Gasteiger partial charge in [0.25, 0.3) is 0 Å². The van der Waals surface area contributed by atoms with Gasteiger partial charge in [-0.05, 0) is 29.5 Å². The Morgan fingerprint density at radius 3 is 3.06 bits per heavy atom. The van der Waals surface area contributed by atoms with Crippen LogP contribution >= 0.6 is 0 Å². The first-order chi connectivity index (χ1) is 8.18. The molecule has 2 aromatic rings. The summed E-state index contributed by atoms with van der Waals surface area (Å²) in [7, 11) is 0. The minimum Gasteiger partial charge on any atom is -0.481 e. The van der Waals surface area contributed by atoms with Crippen LogP contribution in [0.5, 0.6) is 0 Å². The van der Waals surface area contributed by atoms with Gasteiger partial charge in [0.2, 0.25) is 0 Å². The molecule has 0 aliphatic heterocycles. The van der Waals surface area contributed by atoms with E-state index in [1.165, 1.54) is 4.68 Å². The molecule has 0 unspecified atom stereocenters.